The molecule has 0 spiro atoms. The Morgan fingerprint density at radius 3 is 1.23 bits per heavy atom. The fraction of sp³-hybridized carbons (Fsp3) is 0. The summed E-state index contributed by atoms with van der Waals surface area (Å²) in [4.78, 5) is 2.37. The van der Waals surface area contributed by atoms with E-state index in [1.165, 1.54) is 21.5 Å². The van der Waals surface area contributed by atoms with E-state index in [1.807, 2.05) is 0 Å². The molecule has 2 aromatic heterocycles. The molecule has 3 heteroatoms. The van der Waals surface area contributed by atoms with E-state index in [1.54, 1.807) is 0 Å². The van der Waals surface area contributed by atoms with Gasteiger partial charge >= 0.3 is 0 Å². The van der Waals surface area contributed by atoms with Gasteiger partial charge in [0.05, 0.1) is 5.69 Å². The van der Waals surface area contributed by atoms with E-state index in [0.29, 0.717) is 0 Å². The molecule has 0 saturated heterocycles. The second kappa shape index (κ2) is 12.5. The molecule has 10 aromatic carbocycles. The van der Waals surface area contributed by atoms with Gasteiger partial charge in [0.25, 0.3) is 0 Å². The molecule has 0 fully saturated rings. The predicted octanol–water partition coefficient (Wildman–Crippen LogP) is 15.7. The maximum atomic E-state index is 6.53. The second-order valence-corrected chi connectivity index (χ2v) is 14.8. The zero-order valence-electron chi connectivity index (χ0n) is 30.8. The molecule has 0 unspecified atom stereocenters. The molecule has 57 heavy (non-hydrogen) atoms. The van der Waals surface area contributed by atoms with E-state index < -0.39 is 0 Å². The van der Waals surface area contributed by atoms with E-state index in [9.17, 15) is 0 Å². The summed E-state index contributed by atoms with van der Waals surface area (Å²) in [6, 6.07) is 71.5. The topological polar surface area (TPSA) is 29.5 Å². The zero-order valence-corrected chi connectivity index (χ0v) is 30.8. The summed E-state index contributed by atoms with van der Waals surface area (Å²) < 4.78 is 13.1. The lowest BCUT2D eigenvalue weighted by atomic mass is 9.97. The number of hydrogen-bond donors (Lipinski definition) is 0. The Kier molecular flexibility index (Phi) is 6.93. The van der Waals surface area contributed by atoms with Crippen LogP contribution in [0.5, 0.6) is 0 Å². The molecule has 12 rings (SSSR count). The van der Waals surface area contributed by atoms with Crippen LogP contribution in [0.2, 0.25) is 0 Å². The van der Waals surface area contributed by atoms with Gasteiger partial charge in [-0.15, -0.1) is 0 Å². The van der Waals surface area contributed by atoms with Crippen molar-refractivity contribution in [2.75, 3.05) is 4.90 Å². The number of nitrogens with zero attached hydrogens (tertiary/aromatic N) is 1. The highest BCUT2D eigenvalue weighted by Crippen LogP contribution is 2.44. The molecule has 0 aliphatic heterocycles. The number of furan rings is 2. The van der Waals surface area contributed by atoms with Gasteiger partial charge in [-0.1, -0.05) is 146 Å². The van der Waals surface area contributed by atoms with E-state index in [0.717, 1.165) is 94.0 Å². The van der Waals surface area contributed by atoms with Gasteiger partial charge < -0.3 is 13.7 Å². The van der Waals surface area contributed by atoms with Gasteiger partial charge in [-0.05, 0) is 93.0 Å². The van der Waals surface area contributed by atoms with Crippen LogP contribution in [0.3, 0.4) is 0 Å². The van der Waals surface area contributed by atoms with Crippen molar-refractivity contribution in [3.8, 4) is 22.3 Å². The van der Waals surface area contributed by atoms with Crippen LogP contribution in [-0.4, -0.2) is 0 Å². The molecule has 0 saturated carbocycles. The Bertz CT molecular complexity index is 3320. The first kappa shape index (κ1) is 31.7. The summed E-state index contributed by atoms with van der Waals surface area (Å²) in [6.07, 6.45) is 0. The van der Waals surface area contributed by atoms with Crippen LogP contribution in [-0.2, 0) is 0 Å². The third kappa shape index (κ3) is 4.92. The smallest absolute Gasteiger partial charge is 0.143 e. The minimum absolute atomic E-state index is 0.896. The summed E-state index contributed by atoms with van der Waals surface area (Å²) in [5, 5.41) is 11.6. The van der Waals surface area contributed by atoms with Gasteiger partial charge in [-0.2, -0.15) is 0 Å². The highest BCUT2D eigenvalue weighted by atomic mass is 16.3. The number of anilines is 3. The molecule has 12 aromatic rings. The summed E-state index contributed by atoms with van der Waals surface area (Å²) in [7, 11) is 0. The third-order valence-corrected chi connectivity index (χ3v) is 11.7. The Hall–Kier alpha value is -7.62. The predicted molar refractivity (Wildman–Crippen MR) is 239 cm³/mol. The fourth-order valence-electron chi connectivity index (χ4n) is 9.00. The molecule has 0 atom stereocenters. The van der Waals surface area contributed by atoms with Gasteiger partial charge in [0.15, 0.2) is 0 Å². The van der Waals surface area contributed by atoms with Crippen molar-refractivity contribution in [2.24, 2.45) is 0 Å². The van der Waals surface area contributed by atoms with Crippen molar-refractivity contribution >= 4 is 93.3 Å². The summed E-state index contributed by atoms with van der Waals surface area (Å²) in [5.41, 5.74) is 11.5. The van der Waals surface area contributed by atoms with Crippen molar-refractivity contribution < 1.29 is 8.83 Å². The van der Waals surface area contributed by atoms with Crippen LogP contribution in [0.4, 0.5) is 17.1 Å². The van der Waals surface area contributed by atoms with E-state index in [-0.39, 0.29) is 0 Å². The van der Waals surface area contributed by atoms with Crippen molar-refractivity contribution in [1.29, 1.82) is 0 Å². The molecule has 0 bridgehead atoms. The molecule has 0 radical (unpaired) electrons. The highest BCUT2D eigenvalue weighted by Gasteiger charge is 2.19. The van der Waals surface area contributed by atoms with Crippen molar-refractivity contribution in [3.05, 3.63) is 200 Å². The monoisotopic (exact) mass is 727 g/mol. The Morgan fingerprint density at radius 2 is 0.719 bits per heavy atom. The minimum Gasteiger partial charge on any atom is -0.455 e. The average molecular weight is 728 g/mol. The van der Waals surface area contributed by atoms with Crippen LogP contribution in [0.25, 0.3) is 98.4 Å². The summed E-state index contributed by atoms with van der Waals surface area (Å²) in [5.74, 6) is 0. The SMILES string of the molecule is c1ccc2c(N(c3ccc(-c4cccc5oc6c7ccccc7ccc6c45)cc3)c3ccc(-c4cccc5oc6c7ccccc7ccc6c45)cc3)cccc2c1. The Labute approximate surface area is 328 Å². The molecule has 0 amide bonds. The molecular formula is C54H33NO2. The van der Waals surface area contributed by atoms with Crippen LogP contribution in [0.1, 0.15) is 0 Å². The van der Waals surface area contributed by atoms with Crippen LogP contribution < -0.4 is 4.90 Å². The van der Waals surface area contributed by atoms with Gasteiger partial charge in [-0.25, -0.2) is 0 Å². The molecule has 0 aliphatic rings. The molecule has 0 N–H and O–H groups in total. The largest absolute Gasteiger partial charge is 0.455 e. The maximum Gasteiger partial charge on any atom is 0.143 e. The average Bonchev–Trinajstić information content (AvgIpc) is 3.87. The zero-order chi connectivity index (χ0) is 37.5. The first-order valence-corrected chi connectivity index (χ1v) is 19.4. The molecule has 3 nitrogen and oxygen atoms in total. The summed E-state index contributed by atoms with van der Waals surface area (Å²) >= 11 is 0. The number of fused-ring (bicyclic) bond motifs is 11. The molecular weight excluding hydrogens is 695 g/mol. The third-order valence-electron chi connectivity index (χ3n) is 11.7. The quantitative estimate of drug-likeness (QED) is 0.177. The van der Waals surface area contributed by atoms with Gasteiger partial charge in [0.1, 0.15) is 22.3 Å². The van der Waals surface area contributed by atoms with Crippen LogP contribution in [0.15, 0.2) is 209 Å². The minimum atomic E-state index is 0.896. The lowest BCUT2D eigenvalue weighted by Crippen LogP contribution is -2.10. The molecule has 2 heterocycles. The maximum absolute atomic E-state index is 6.53. The molecule has 0 aliphatic carbocycles. The van der Waals surface area contributed by atoms with E-state index in [2.05, 4.69) is 205 Å². The van der Waals surface area contributed by atoms with Crippen molar-refractivity contribution in [3.63, 3.8) is 0 Å². The standard InChI is InChI=1S/C54H33NO2/c1-4-14-41-34(10-1)13-7-19-48(41)55(39-28-22-37(23-29-39)42-17-8-20-49-51(42)46-32-26-35-11-2-5-15-44(35)53(46)56-49)40-30-24-38(25-31-40)43-18-9-21-50-52(43)47-33-27-36-12-3-6-16-45(36)54(47)57-50/h1-33H. The van der Waals surface area contributed by atoms with Crippen LogP contribution in [0, 0.1) is 0 Å². The lowest BCUT2D eigenvalue weighted by molar-refractivity contribution is 0.672. The van der Waals surface area contributed by atoms with E-state index in [4.69, 9.17) is 8.83 Å². The number of hydrogen-bond acceptors (Lipinski definition) is 3. The first-order valence-electron chi connectivity index (χ1n) is 19.4. The first-order chi connectivity index (χ1) is 28.3. The fourth-order valence-corrected chi connectivity index (χ4v) is 9.00. The second-order valence-electron chi connectivity index (χ2n) is 14.8. The number of benzene rings is 10. The van der Waals surface area contributed by atoms with Crippen LogP contribution >= 0.6 is 0 Å². The van der Waals surface area contributed by atoms with Gasteiger partial charge in [0, 0.05) is 49.1 Å². The number of rotatable bonds is 5. The van der Waals surface area contributed by atoms with E-state index >= 15 is 0 Å². The van der Waals surface area contributed by atoms with Crippen molar-refractivity contribution in [2.45, 2.75) is 0 Å². The Balaban J connectivity index is 0.985. The van der Waals surface area contributed by atoms with Gasteiger partial charge in [-0.3, -0.25) is 0 Å². The Morgan fingerprint density at radius 1 is 0.298 bits per heavy atom. The molecule has 266 valence electrons. The van der Waals surface area contributed by atoms with Gasteiger partial charge in [0.2, 0.25) is 0 Å². The normalized spacial score (nSPS) is 11.9. The highest BCUT2D eigenvalue weighted by molar-refractivity contribution is 6.20. The van der Waals surface area contributed by atoms with Crippen molar-refractivity contribution in [1.82, 2.24) is 0 Å². The summed E-state index contributed by atoms with van der Waals surface area (Å²) in [6.45, 7) is 0. The lowest BCUT2D eigenvalue weighted by Gasteiger charge is -2.27.